The van der Waals surface area contributed by atoms with Crippen LogP contribution in [-0.4, -0.2) is 46.0 Å². The van der Waals surface area contributed by atoms with Crippen molar-refractivity contribution in [2.75, 3.05) is 7.11 Å². The molecule has 0 unspecified atom stereocenters. The number of fused-ring (bicyclic) bond motifs is 1. The molecule has 1 aliphatic heterocycles. The molecule has 1 saturated carbocycles. The van der Waals surface area contributed by atoms with Crippen LogP contribution in [0.4, 0.5) is 4.79 Å². The number of aromatic nitrogens is 2. The number of hydrogen-bond acceptors (Lipinski definition) is 4. The molecule has 1 aromatic heterocycles. The molecule has 8 nitrogen and oxygen atoms in total. The van der Waals surface area contributed by atoms with Gasteiger partial charge in [0.2, 0.25) is 5.91 Å². The Morgan fingerprint density at radius 3 is 2.70 bits per heavy atom. The minimum atomic E-state index is -0.581. The highest BCUT2D eigenvalue weighted by Gasteiger charge is 2.36. The van der Waals surface area contributed by atoms with Gasteiger partial charge in [-0.05, 0) is 30.5 Å². The molecule has 2 aromatic rings. The fourth-order valence-electron chi connectivity index (χ4n) is 4.24. The molecule has 1 atom stereocenters. The molecule has 1 aromatic carbocycles. The summed E-state index contributed by atoms with van der Waals surface area (Å²) in [6.07, 6.45) is 7.55. The molecule has 3 N–H and O–H groups in total. The standard InChI is InChI=1S/C22H29N5O3/c1-30-17-9-7-15(8-10-17)12-23-21(28)20-11-18-19(25-14-24-18)13-27(20)22(29)26-16-5-3-2-4-6-16/h7-10,14,16,20H,2-6,11-13H2,1H3,(H,23,28)(H,24,25)(H,26,29)/t20-/m0/s1. The number of benzene rings is 1. The van der Waals surface area contributed by atoms with Gasteiger partial charge in [-0.25, -0.2) is 9.78 Å². The van der Waals surface area contributed by atoms with E-state index in [4.69, 9.17) is 4.74 Å². The molecule has 0 saturated heterocycles. The molecule has 0 radical (unpaired) electrons. The van der Waals surface area contributed by atoms with Crippen molar-refractivity contribution in [3.8, 4) is 5.75 Å². The maximum Gasteiger partial charge on any atom is 0.318 e. The van der Waals surface area contributed by atoms with Crippen molar-refractivity contribution >= 4 is 11.9 Å². The monoisotopic (exact) mass is 411 g/mol. The average Bonchev–Trinajstić information content (AvgIpc) is 3.25. The number of carbonyl (C=O) groups excluding carboxylic acids is 2. The Labute approximate surface area is 176 Å². The second-order valence-electron chi connectivity index (χ2n) is 8.03. The summed E-state index contributed by atoms with van der Waals surface area (Å²) in [6.45, 7) is 0.749. The Bertz CT molecular complexity index is 873. The first-order chi connectivity index (χ1) is 14.6. The van der Waals surface area contributed by atoms with Crippen LogP contribution in [0, 0.1) is 0 Å². The third-order valence-electron chi connectivity index (χ3n) is 6.02. The van der Waals surface area contributed by atoms with Gasteiger partial charge in [-0.1, -0.05) is 31.4 Å². The number of carbonyl (C=O) groups is 2. The van der Waals surface area contributed by atoms with Crippen LogP contribution >= 0.6 is 0 Å². The van der Waals surface area contributed by atoms with E-state index in [1.807, 2.05) is 24.3 Å². The second-order valence-corrected chi connectivity index (χ2v) is 8.03. The first-order valence-corrected chi connectivity index (χ1v) is 10.6. The molecular formula is C22H29N5O3. The van der Waals surface area contributed by atoms with Crippen LogP contribution < -0.4 is 15.4 Å². The third-order valence-corrected chi connectivity index (χ3v) is 6.02. The number of hydrogen-bond donors (Lipinski definition) is 3. The minimum Gasteiger partial charge on any atom is -0.497 e. The van der Waals surface area contributed by atoms with Crippen molar-refractivity contribution in [2.24, 2.45) is 0 Å². The van der Waals surface area contributed by atoms with Gasteiger partial charge in [0.05, 0.1) is 31.4 Å². The number of ether oxygens (including phenoxy) is 1. The number of methoxy groups -OCH3 is 1. The van der Waals surface area contributed by atoms with Crippen molar-refractivity contribution < 1.29 is 14.3 Å². The van der Waals surface area contributed by atoms with E-state index in [0.29, 0.717) is 19.5 Å². The number of nitrogens with zero attached hydrogens (tertiary/aromatic N) is 2. The molecule has 30 heavy (non-hydrogen) atoms. The molecular weight excluding hydrogens is 382 g/mol. The van der Waals surface area contributed by atoms with Gasteiger partial charge in [-0.2, -0.15) is 0 Å². The topological polar surface area (TPSA) is 99.3 Å². The summed E-state index contributed by atoms with van der Waals surface area (Å²) < 4.78 is 5.17. The second kappa shape index (κ2) is 9.19. The smallest absolute Gasteiger partial charge is 0.318 e. The SMILES string of the molecule is COc1ccc(CNC(=O)[C@@H]2Cc3nc[nH]c3CN2C(=O)NC2CCCCC2)cc1. The quantitative estimate of drug-likeness (QED) is 0.704. The number of amides is 3. The minimum absolute atomic E-state index is 0.168. The van der Waals surface area contributed by atoms with Crippen molar-refractivity contribution in [1.82, 2.24) is 25.5 Å². The van der Waals surface area contributed by atoms with E-state index < -0.39 is 6.04 Å². The fourth-order valence-corrected chi connectivity index (χ4v) is 4.24. The highest BCUT2D eigenvalue weighted by Crippen LogP contribution is 2.23. The Kier molecular flexibility index (Phi) is 6.21. The average molecular weight is 412 g/mol. The largest absolute Gasteiger partial charge is 0.497 e. The molecule has 2 heterocycles. The van der Waals surface area contributed by atoms with Crippen LogP contribution in [-0.2, 0) is 24.3 Å². The summed E-state index contributed by atoms with van der Waals surface area (Å²) in [5.74, 6) is 0.604. The zero-order valence-corrected chi connectivity index (χ0v) is 17.3. The lowest BCUT2D eigenvalue weighted by Gasteiger charge is -2.35. The lowest BCUT2D eigenvalue weighted by atomic mass is 9.95. The van der Waals surface area contributed by atoms with E-state index in [-0.39, 0.29) is 18.0 Å². The highest BCUT2D eigenvalue weighted by atomic mass is 16.5. The number of rotatable bonds is 5. The predicted octanol–water partition coefficient (Wildman–Crippen LogP) is 2.50. The Balaban J connectivity index is 1.43. The van der Waals surface area contributed by atoms with Gasteiger partial charge in [-0.15, -0.1) is 0 Å². The van der Waals surface area contributed by atoms with E-state index >= 15 is 0 Å². The summed E-state index contributed by atoms with van der Waals surface area (Å²) in [4.78, 5) is 35.1. The molecule has 2 aliphatic rings. The zero-order valence-electron chi connectivity index (χ0n) is 17.3. The molecule has 0 bridgehead atoms. The van der Waals surface area contributed by atoms with Crippen LogP contribution in [0.25, 0.3) is 0 Å². The Hall–Kier alpha value is -3.03. The maximum absolute atomic E-state index is 13.0. The normalized spacial score (nSPS) is 19.1. The number of urea groups is 1. The fraction of sp³-hybridized carbons (Fsp3) is 0.500. The van der Waals surface area contributed by atoms with Crippen molar-refractivity contribution in [3.05, 3.63) is 47.5 Å². The number of aromatic amines is 1. The van der Waals surface area contributed by atoms with Crippen molar-refractivity contribution in [2.45, 2.75) is 63.7 Å². The van der Waals surface area contributed by atoms with Crippen LogP contribution in [0.5, 0.6) is 5.75 Å². The summed E-state index contributed by atoms with van der Waals surface area (Å²) >= 11 is 0. The molecule has 0 spiro atoms. The molecule has 4 rings (SSSR count). The van der Waals surface area contributed by atoms with Gasteiger partial charge in [0.25, 0.3) is 0 Å². The predicted molar refractivity (Wildman–Crippen MR) is 112 cm³/mol. The highest BCUT2D eigenvalue weighted by molar-refractivity contribution is 5.87. The molecule has 1 fully saturated rings. The van der Waals surface area contributed by atoms with E-state index in [1.54, 1.807) is 18.3 Å². The van der Waals surface area contributed by atoms with Gasteiger partial charge in [0, 0.05) is 19.0 Å². The van der Waals surface area contributed by atoms with E-state index in [0.717, 1.165) is 48.4 Å². The Morgan fingerprint density at radius 1 is 1.20 bits per heavy atom. The third kappa shape index (κ3) is 4.58. The van der Waals surface area contributed by atoms with Crippen molar-refractivity contribution in [3.63, 3.8) is 0 Å². The van der Waals surface area contributed by atoms with Gasteiger partial charge in [-0.3, -0.25) is 4.79 Å². The first kappa shape index (κ1) is 20.3. The van der Waals surface area contributed by atoms with Crippen LogP contribution in [0.2, 0.25) is 0 Å². The number of imidazole rings is 1. The molecule has 8 heteroatoms. The lowest BCUT2D eigenvalue weighted by molar-refractivity contribution is -0.126. The van der Waals surface area contributed by atoms with Gasteiger partial charge >= 0.3 is 6.03 Å². The maximum atomic E-state index is 13.0. The van der Waals surface area contributed by atoms with Gasteiger partial charge in [0.15, 0.2) is 0 Å². The summed E-state index contributed by atoms with van der Waals surface area (Å²) in [5.41, 5.74) is 2.72. The van der Waals surface area contributed by atoms with E-state index in [2.05, 4.69) is 20.6 Å². The first-order valence-electron chi connectivity index (χ1n) is 10.6. The lowest BCUT2D eigenvalue weighted by Crippen LogP contribution is -2.56. The van der Waals surface area contributed by atoms with Crippen LogP contribution in [0.3, 0.4) is 0 Å². The van der Waals surface area contributed by atoms with E-state index in [1.165, 1.54) is 6.42 Å². The Morgan fingerprint density at radius 2 is 1.97 bits per heavy atom. The van der Waals surface area contributed by atoms with Crippen molar-refractivity contribution in [1.29, 1.82) is 0 Å². The van der Waals surface area contributed by atoms with Gasteiger partial charge in [0.1, 0.15) is 11.8 Å². The zero-order chi connectivity index (χ0) is 20.9. The summed E-state index contributed by atoms with van der Waals surface area (Å²) in [5, 5.41) is 6.12. The number of nitrogens with one attached hydrogen (secondary N) is 3. The summed E-state index contributed by atoms with van der Waals surface area (Å²) in [6, 6.07) is 7.00. The summed E-state index contributed by atoms with van der Waals surface area (Å²) in [7, 11) is 1.62. The number of H-pyrrole nitrogens is 1. The van der Waals surface area contributed by atoms with Crippen LogP contribution in [0.1, 0.15) is 49.1 Å². The molecule has 3 amide bonds. The van der Waals surface area contributed by atoms with E-state index in [9.17, 15) is 9.59 Å². The molecule has 160 valence electrons. The molecule has 1 aliphatic carbocycles. The van der Waals surface area contributed by atoms with Gasteiger partial charge < -0.3 is 25.3 Å². The van der Waals surface area contributed by atoms with Crippen LogP contribution in [0.15, 0.2) is 30.6 Å².